The summed E-state index contributed by atoms with van der Waals surface area (Å²) in [5, 5.41) is 3.50. The molecule has 0 bridgehead atoms. The van der Waals surface area contributed by atoms with E-state index in [0.29, 0.717) is 17.1 Å². The summed E-state index contributed by atoms with van der Waals surface area (Å²) < 4.78 is 5.88. The highest BCUT2D eigenvalue weighted by Gasteiger charge is 2.24. The second-order valence-electron chi connectivity index (χ2n) is 11.7. The molecule has 0 aliphatic carbocycles. The minimum absolute atomic E-state index is 0.144. The van der Waals surface area contributed by atoms with E-state index in [1.807, 2.05) is 109 Å². The molecule has 4 heterocycles. The maximum atomic E-state index is 15.0. The Hall–Kier alpha value is -6.60. The maximum Gasteiger partial charge on any atom is 0.269 e. The Labute approximate surface area is 267 Å². The second kappa shape index (κ2) is 9.70. The molecule has 0 radical (unpaired) electrons. The molecule has 0 fully saturated rings. The van der Waals surface area contributed by atoms with Crippen molar-refractivity contribution in [2.75, 3.05) is 0 Å². The number of benzene rings is 6. The third kappa shape index (κ3) is 3.62. The van der Waals surface area contributed by atoms with Gasteiger partial charge in [0.1, 0.15) is 0 Å². The van der Waals surface area contributed by atoms with Gasteiger partial charge in [-0.1, -0.05) is 103 Å². The smallest absolute Gasteiger partial charge is 0.269 e. The van der Waals surface area contributed by atoms with E-state index in [0.717, 1.165) is 66.2 Å². The van der Waals surface area contributed by atoms with Crippen LogP contribution in [0.15, 0.2) is 150 Å². The van der Waals surface area contributed by atoms with Crippen LogP contribution in [0.4, 0.5) is 0 Å². The predicted molar refractivity (Wildman–Crippen MR) is 189 cm³/mol. The molecule has 0 aliphatic heterocycles. The molecule has 7 heteroatoms. The lowest BCUT2D eigenvalue weighted by Gasteiger charge is -2.15. The molecule has 0 saturated heterocycles. The molecule has 10 rings (SSSR count). The Bertz CT molecular complexity index is 2920. The van der Waals surface area contributed by atoms with Gasteiger partial charge in [-0.2, -0.15) is 0 Å². The van der Waals surface area contributed by atoms with E-state index in [2.05, 4.69) is 45.5 Å². The average molecular weight is 605 g/mol. The number of aromatic nitrogens is 6. The first-order chi connectivity index (χ1) is 23.3. The predicted octanol–water partition coefficient (Wildman–Crippen LogP) is 8.50. The van der Waals surface area contributed by atoms with Gasteiger partial charge in [0, 0.05) is 27.4 Å². The normalized spacial score (nSPS) is 11.9. The summed E-state index contributed by atoms with van der Waals surface area (Å²) >= 11 is 0. The van der Waals surface area contributed by atoms with Gasteiger partial charge in [0.05, 0.1) is 44.2 Å². The first kappa shape index (κ1) is 25.7. The minimum atomic E-state index is -0.144. The van der Waals surface area contributed by atoms with Gasteiger partial charge in [0.2, 0.25) is 11.7 Å². The van der Waals surface area contributed by atoms with Gasteiger partial charge in [-0.3, -0.25) is 13.9 Å². The summed E-state index contributed by atoms with van der Waals surface area (Å²) in [6.45, 7) is 0. The molecule has 10 aromatic rings. The van der Waals surface area contributed by atoms with Gasteiger partial charge >= 0.3 is 0 Å². The molecule has 0 aliphatic rings. The lowest BCUT2D eigenvalue weighted by molar-refractivity contribution is 1.00. The van der Waals surface area contributed by atoms with E-state index in [4.69, 9.17) is 15.0 Å². The standard InChI is InChI=1S/C40H24N6O/c47-38-35-34(44(26-15-5-2-6-16-26)40-42-31-20-10-12-22-33(31)46(38)40)24-23-28-27-17-8-11-21-32(27)45(37(28)35)39-41-30-19-9-7-18-29(30)36(43-39)25-13-3-1-4-14-25/h1-24H. The third-order valence-electron chi connectivity index (χ3n) is 9.07. The molecule has 7 nitrogen and oxygen atoms in total. The Kier molecular flexibility index (Phi) is 5.30. The Morgan fingerprint density at radius 2 is 1.13 bits per heavy atom. The molecule has 0 amide bonds. The van der Waals surface area contributed by atoms with E-state index < -0.39 is 0 Å². The van der Waals surface area contributed by atoms with Crippen molar-refractivity contribution >= 4 is 60.4 Å². The minimum Gasteiger partial charge on any atom is -0.279 e. The molecule has 0 atom stereocenters. The zero-order valence-corrected chi connectivity index (χ0v) is 24.9. The van der Waals surface area contributed by atoms with Crippen molar-refractivity contribution in [3.63, 3.8) is 0 Å². The van der Waals surface area contributed by atoms with Gasteiger partial charge < -0.3 is 0 Å². The van der Waals surface area contributed by atoms with E-state index in [-0.39, 0.29) is 5.56 Å². The lowest BCUT2D eigenvalue weighted by Crippen LogP contribution is -2.19. The SMILES string of the molecule is O=c1c2c(ccc3c4ccccc4n(-c4nc(-c5ccccc5)c5ccccc5n4)c32)n(-c2ccccc2)c2nc3ccccc3n12. The lowest BCUT2D eigenvalue weighted by atomic mass is 10.1. The molecule has 0 unspecified atom stereocenters. The third-order valence-corrected chi connectivity index (χ3v) is 9.07. The highest BCUT2D eigenvalue weighted by atomic mass is 16.1. The van der Waals surface area contributed by atoms with Gasteiger partial charge in [0.15, 0.2) is 0 Å². The molecule has 0 spiro atoms. The van der Waals surface area contributed by atoms with Crippen LogP contribution >= 0.6 is 0 Å². The van der Waals surface area contributed by atoms with Gasteiger partial charge in [-0.25, -0.2) is 19.4 Å². The quantitative estimate of drug-likeness (QED) is 0.203. The van der Waals surface area contributed by atoms with E-state index >= 15 is 0 Å². The van der Waals surface area contributed by atoms with Crippen LogP contribution in [0.3, 0.4) is 0 Å². The van der Waals surface area contributed by atoms with Crippen LogP contribution in [-0.2, 0) is 0 Å². The van der Waals surface area contributed by atoms with Gasteiger partial charge in [0.25, 0.3) is 5.56 Å². The molecule has 0 saturated carbocycles. The fourth-order valence-electron chi connectivity index (χ4n) is 7.05. The van der Waals surface area contributed by atoms with Gasteiger partial charge in [-0.15, -0.1) is 0 Å². The van der Waals surface area contributed by atoms with Crippen LogP contribution < -0.4 is 5.56 Å². The summed E-state index contributed by atoms with van der Waals surface area (Å²) in [7, 11) is 0. The number of para-hydroxylation sites is 5. The molecule has 220 valence electrons. The summed E-state index contributed by atoms with van der Waals surface area (Å²) in [6, 6.07) is 48.5. The Morgan fingerprint density at radius 1 is 0.468 bits per heavy atom. The number of fused-ring (bicyclic) bond motifs is 9. The Balaban J connectivity index is 1.45. The maximum absolute atomic E-state index is 15.0. The van der Waals surface area contributed by atoms with E-state index in [1.54, 1.807) is 4.40 Å². The van der Waals surface area contributed by atoms with Crippen LogP contribution in [0.5, 0.6) is 0 Å². The van der Waals surface area contributed by atoms with Crippen molar-refractivity contribution in [2.45, 2.75) is 0 Å². The second-order valence-corrected chi connectivity index (χ2v) is 11.7. The molecule has 47 heavy (non-hydrogen) atoms. The fourth-order valence-corrected chi connectivity index (χ4v) is 7.05. The van der Waals surface area contributed by atoms with Crippen LogP contribution in [0.2, 0.25) is 0 Å². The van der Waals surface area contributed by atoms with E-state index in [9.17, 15) is 4.79 Å². The molecular weight excluding hydrogens is 580 g/mol. The van der Waals surface area contributed by atoms with Crippen LogP contribution in [-0.4, -0.2) is 28.5 Å². The Morgan fingerprint density at radius 3 is 1.94 bits per heavy atom. The van der Waals surface area contributed by atoms with Crippen molar-refractivity contribution < 1.29 is 0 Å². The zero-order valence-electron chi connectivity index (χ0n) is 24.9. The van der Waals surface area contributed by atoms with Gasteiger partial charge in [-0.05, 0) is 42.5 Å². The van der Waals surface area contributed by atoms with Crippen molar-refractivity contribution in [3.05, 3.63) is 156 Å². The van der Waals surface area contributed by atoms with Crippen LogP contribution in [0, 0.1) is 0 Å². The van der Waals surface area contributed by atoms with Crippen molar-refractivity contribution in [2.24, 2.45) is 0 Å². The summed E-state index contributed by atoms with van der Waals surface area (Å²) in [6.07, 6.45) is 0. The topological polar surface area (TPSA) is 70.0 Å². The molecular formula is C40H24N6O. The monoisotopic (exact) mass is 604 g/mol. The summed E-state index contributed by atoms with van der Waals surface area (Å²) in [4.78, 5) is 30.4. The highest BCUT2D eigenvalue weighted by Crippen LogP contribution is 2.37. The van der Waals surface area contributed by atoms with Crippen molar-refractivity contribution in [1.29, 1.82) is 0 Å². The van der Waals surface area contributed by atoms with Crippen LogP contribution in [0.1, 0.15) is 0 Å². The summed E-state index contributed by atoms with van der Waals surface area (Å²) in [5.41, 5.74) is 7.37. The summed E-state index contributed by atoms with van der Waals surface area (Å²) in [5.74, 6) is 1.06. The zero-order chi connectivity index (χ0) is 31.1. The number of imidazole rings is 1. The molecule has 6 aromatic carbocycles. The van der Waals surface area contributed by atoms with Crippen LogP contribution in [0.25, 0.3) is 83.3 Å². The van der Waals surface area contributed by atoms with E-state index in [1.165, 1.54) is 0 Å². The first-order valence-electron chi connectivity index (χ1n) is 15.5. The fraction of sp³-hybridized carbons (Fsp3) is 0. The molecule has 4 aromatic heterocycles. The number of hydrogen-bond donors (Lipinski definition) is 0. The van der Waals surface area contributed by atoms with Crippen molar-refractivity contribution in [1.82, 2.24) is 28.5 Å². The first-order valence-corrected chi connectivity index (χ1v) is 15.5. The largest absolute Gasteiger partial charge is 0.279 e. The number of hydrogen-bond acceptors (Lipinski definition) is 4. The van der Waals surface area contributed by atoms with Crippen molar-refractivity contribution in [3.8, 4) is 22.9 Å². The number of nitrogens with zero attached hydrogens (tertiary/aromatic N) is 6. The molecule has 0 N–H and O–H groups in total. The highest BCUT2D eigenvalue weighted by molar-refractivity contribution is 6.18. The average Bonchev–Trinajstić information content (AvgIpc) is 3.68. The number of rotatable bonds is 3.